The molecular formula is C20H18N2O4. The van der Waals surface area contributed by atoms with Crippen LogP contribution in [0.15, 0.2) is 82.9 Å². The maximum atomic E-state index is 12.4. The Morgan fingerprint density at radius 2 is 1.62 bits per heavy atom. The fourth-order valence-corrected chi connectivity index (χ4v) is 2.80. The number of benzene rings is 2. The van der Waals surface area contributed by atoms with Crippen molar-refractivity contribution in [2.45, 2.75) is 0 Å². The number of azo groups is 2. The molecule has 0 fully saturated rings. The molecule has 2 aromatic rings. The van der Waals surface area contributed by atoms with Gasteiger partial charge >= 0.3 is 5.97 Å². The predicted octanol–water partition coefficient (Wildman–Crippen LogP) is 2.60. The topological polar surface area (TPSA) is 74.0 Å². The second-order valence-electron chi connectivity index (χ2n) is 5.54. The SMILES string of the molecule is COC(=O)C1=C(c2ccccc2)[N+](=Nc2ccccc2)C/C1=C(\[O-])OC. The minimum absolute atomic E-state index is 0.121. The van der Waals surface area contributed by atoms with Crippen molar-refractivity contribution in [1.82, 2.24) is 0 Å². The fraction of sp³-hybridized carbons (Fsp3) is 0.150. The lowest BCUT2D eigenvalue weighted by atomic mass is 10.0. The van der Waals surface area contributed by atoms with Crippen molar-refractivity contribution in [2.24, 2.45) is 5.11 Å². The van der Waals surface area contributed by atoms with Gasteiger partial charge in [-0.05, 0) is 31.4 Å². The zero-order valence-corrected chi connectivity index (χ0v) is 14.5. The average molecular weight is 350 g/mol. The number of hydrogen-bond acceptors (Lipinski definition) is 5. The summed E-state index contributed by atoms with van der Waals surface area (Å²) in [6.45, 7) is 0.121. The molecule has 6 nitrogen and oxygen atoms in total. The van der Waals surface area contributed by atoms with Crippen LogP contribution in [0.25, 0.3) is 5.70 Å². The van der Waals surface area contributed by atoms with E-state index in [4.69, 9.17) is 9.47 Å². The summed E-state index contributed by atoms with van der Waals surface area (Å²) in [5.41, 5.74) is 2.37. The number of nitrogens with zero attached hydrogens (tertiary/aromatic N) is 2. The highest BCUT2D eigenvalue weighted by Crippen LogP contribution is 2.35. The molecule has 0 atom stereocenters. The number of carbonyl (C=O) groups is 1. The summed E-state index contributed by atoms with van der Waals surface area (Å²) in [4.78, 5) is 12.4. The van der Waals surface area contributed by atoms with Crippen molar-refractivity contribution >= 4 is 17.4 Å². The summed E-state index contributed by atoms with van der Waals surface area (Å²) in [7, 11) is 2.56. The molecule has 0 saturated heterocycles. The third kappa shape index (κ3) is 3.35. The van der Waals surface area contributed by atoms with E-state index in [9.17, 15) is 9.90 Å². The summed E-state index contributed by atoms with van der Waals surface area (Å²) >= 11 is 0. The Balaban J connectivity index is 2.27. The highest BCUT2D eigenvalue weighted by atomic mass is 16.6. The molecule has 132 valence electrons. The van der Waals surface area contributed by atoms with Crippen LogP contribution in [0.3, 0.4) is 0 Å². The molecule has 1 aliphatic heterocycles. The van der Waals surface area contributed by atoms with Crippen LogP contribution in [0.5, 0.6) is 0 Å². The van der Waals surface area contributed by atoms with E-state index in [-0.39, 0.29) is 17.7 Å². The smallest absolute Gasteiger partial charge is 0.345 e. The molecule has 6 heteroatoms. The first kappa shape index (κ1) is 17.4. The zero-order valence-electron chi connectivity index (χ0n) is 14.5. The van der Waals surface area contributed by atoms with Crippen LogP contribution in [0.4, 0.5) is 5.69 Å². The van der Waals surface area contributed by atoms with Crippen molar-refractivity contribution in [3.63, 3.8) is 0 Å². The van der Waals surface area contributed by atoms with Crippen LogP contribution >= 0.6 is 0 Å². The number of esters is 1. The Labute approximate surface area is 151 Å². The van der Waals surface area contributed by atoms with Crippen LogP contribution in [0.2, 0.25) is 0 Å². The van der Waals surface area contributed by atoms with E-state index in [0.717, 1.165) is 5.56 Å². The Kier molecular flexibility index (Phi) is 5.12. The van der Waals surface area contributed by atoms with Gasteiger partial charge < -0.3 is 14.6 Å². The van der Waals surface area contributed by atoms with Crippen molar-refractivity contribution in [3.05, 3.63) is 83.3 Å². The fourth-order valence-electron chi connectivity index (χ4n) is 2.80. The lowest BCUT2D eigenvalue weighted by Crippen LogP contribution is -2.16. The largest absolute Gasteiger partial charge is 0.616 e. The summed E-state index contributed by atoms with van der Waals surface area (Å²) in [6, 6.07) is 18.6. The molecule has 1 heterocycles. The Hall–Kier alpha value is -3.41. The van der Waals surface area contributed by atoms with Crippen LogP contribution in [-0.4, -0.2) is 31.4 Å². The standard InChI is InChI=1S/C20H18N2O4/c1-25-19(23)16-13-22(21-15-11-7-4-8-12-15)18(17(16)20(24)26-2)14-9-5-3-6-10-14/h3-12H,13H2,1-2H3. The molecule has 0 N–H and O–H groups in total. The number of methoxy groups -OCH3 is 2. The van der Waals surface area contributed by atoms with E-state index >= 15 is 0 Å². The molecule has 0 spiro atoms. The second-order valence-corrected chi connectivity index (χ2v) is 5.54. The molecular weight excluding hydrogens is 332 g/mol. The molecule has 2 aromatic carbocycles. The molecule has 0 aliphatic carbocycles. The number of hydrogen-bond donors (Lipinski definition) is 0. The number of carbonyl (C=O) groups excluding carboxylic acids is 1. The molecule has 1 aliphatic rings. The molecule has 0 bridgehead atoms. The van der Waals surface area contributed by atoms with E-state index < -0.39 is 11.9 Å². The normalized spacial score (nSPS) is 17.4. The average Bonchev–Trinajstić information content (AvgIpc) is 3.07. The van der Waals surface area contributed by atoms with Crippen LogP contribution in [-0.2, 0) is 14.3 Å². The first-order chi connectivity index (χ1) is 12.7. The molecule has 0 aromatic heterocycles. The van der Waals surface area contributed by atoms with Gasteiger partial charge in [0.1, 0.15) is 11.3 Å². The molecule has 0 unspecified atom stereocenters. The van der Waals surface area contributed by atoms with E-state index in [2.05, 4.69) is 5.11 Å². The highest BCUT2D eigenvalue weighted by molar-refractivity contribution is 6.01. The summed E-state index contributed by atoms with van der Waals surface area (Å²) in [5.74, 6) is -1.18. The van der Waals surface area contributed by atoms with Gasteiger partial charge in [-0.1, -0.05) is 41.1 Å². The summed E-state index contributed by atoms with van der Waals surface area (Å²) in [6.07, 6.45) is 0. The van der Waals surface area contributed by atoms with Gasteiger partial charge in [-0.25, -0.2) is 4.79 Å². The number of rotatable bonds is 4. The van der Waals surface area contributed by atoms with E-state index in [1.807, 2.05) is 60.7 Å². The third-order valence-corrected chi connectivity index (χ3v) is 3.97. The van der Waals surface area contributed by atoms with Gasteiger partial charge in [0.05, 0.1) is 18.6 Å². The van der Waals surface area contributed by atoms with Crippen molar-refractivity contribution in [1.29, 1.82) is 0 Å². The Morgan fingerprint density at radius 3 is 2.19 bits per heavy atom. The van der Waals surface area contributed by atoms with Crippen molar-refractivity contribution in [2.75, 3.05) is 20.8 Å². The first-order valence-electron chi connectivity index (χ1n) is 8.02. The van der Waals surface area contributed by atoms with Gasteiger partial charge in [0, 0.05) is 10.7 Å². The molecule has 0 amide bonds. The lowest BCUT2D eigenvalue weighted by Gasteiger charge is -2.11. The van der Waals surface area contributed by atoms with Crippen LogP contribution in [0, 0.1) is 0 Å². The molecule has 3 rings (SSSR count). The molecule has 26 heavy (non-hydrogen) atoms. The predicted molar refractivity (Wildman–Crippen MR) is 93.1 cm³/mol. The summed E-state index contributed by atoms with van der Waals surface area (Å²) in [5, 5.41) is 16.8. The van der Waals surface area contributed by atoms with E-state index in [0.29, 0.717) is 11.4 Å². The van der Waals surface area contributed by atoms with Gasteiger partial charge in [-0.2, -0.15) is 0 Å². The van der Waals surface area contributed by atoms with Gasteiger partial charge in [-0.3, -0.25) is 0 Å². The Bertz CT molecular complexity index is 900. The molecule has 0 radical (unpaired) electrons. The van der Waals surface area contributed by atoms with Gasteiger partial charge in [0.25, 0.3) is 5.70 Å². The summed E-state index contributed by atoms with van der Waals surface area (Å²) < 4.78 is 11.4. The molecule has 0 saturated carbocycles. The van der Waals surface area contributed by atoms with Gasteiger partial charge in [-0.15, -0.1) is 0 Å². The van der Waals surface area contributed by atoms with Crippen LogP contribution in [0.1, 0.15) is 5.56 Å². The zero-order chi connectivity index (χ0) is 18.5. The Morgan fingerprint density at radius 1 is 1.00 bits per heavy atom. The maximum Gasteiger partial charge on any atom is 0.345 e. The van der Waals surface area contributed by atoms with Crippen molar-refractivity contribution in [3.8, 4) is 0 Å². The van der Waals surface area contributed by atoms with E-state index in [1.165, 1.54) is 14.2 Å². The van der Waals surface area contributed by atoms with E-state index in [1.54, 1.807) is 4.70 Å². The van der Waals surface area contributed by atoms with Crippen LogP contribution < -0.4 is 5.11 Å². The lowest BCUT2D eigenvalue weighted by molar-refractivity contribution is -0.486. The number of ether oxygens (including phenoxy) is 2. The third-order valence-electron chi connectivity index (χ3n) is 3.97. The van der Waals surface area contributed by atoms with Crippen molar-refractivity contribution < 1.29 is 24.1 Å². The highest BCUT2D eigenvalue weighted by Gasteiger charge is 2.40. The first-order valence-corrected chi connectivity index (χ1v) is 8.02. The maximum absolute atomic E-state index is 12.4. The van der Waals surface area contributed by atoms with Gasteiger partial charge in [0.2, 0.25) is 6.54 Å². The minimum atomic E-state index is -0.602. The monoisotopic (exact) mass is 350 g/mol. The quantitative estimate of drug-likeness (QED) is 0.483. The second kappa shape index (κ2) is 7.65. The minimum Gasteiger partial charge on any atom is -0.616 e. The van der Waals surface area contributed by atoms with Gasteiger partial charge in [0.15, 0.2) is 0 Å².